The van der Waals surface area contributed by atoms with Crippen LogP contribution in [0.2, 0.25) is 0 Å². The topological polar surface area (TPSA) is 55.8 Å². The van der Waals surface area contributed by atoms with Crippen molar-refractivity contribution in [3.05, 3.63) is 35.4 Å². The molecule has 1 unspecified atom stereocenters. The Kier molecular flexibility index (Phi) is 5.80. The summed E-state index contributed by atoms with van der Waals surface area (Å²) in [5.74, 6) is -0.456. The molecule has 1 atom stereocenters. The lowest BCUT2D eigenvalue weighted by molar-refractivity contribution is 0.0684. The van der Waals surface area contributed by atoms with Crippen LogP contribution in [0.3, 0.4) is 0 Å². The third kappa shape index (κ3) is 3.78. The zero-order chi connectivity index (χ0) is 16.3. The lowest BCUT2D eigenvalue weighted by Crippen LogP contribution is -2.29. The van der Waals surface area contributed by atoms with Gasteiger partial charge in [0.25, 0.3) is 11.8 Å². The molecule has 1 aromatic carbocycles. The van der Waals surface area contributed by atoms with Crippen LogP contribution in [0.1, 0.15) is 41.5 Å². The molecule has 0 fully saturated rings. The lowest BCUT2D eigenvalue weighted by Gasteiger charge is -2.24. The number of fused-ring (bicyclic) bond motifs is 1. The predicted molar refractivity (Wildman–Crippen MR) is 91.5 cm³/mol. The van der Waals surface area contributed by atoms with Gasteiger partial charge in [-0.1, -0.05) is 12.1 Å². The standard InChI is InChI=1S/C14H18NO4PS2/c1-4-18-20(21,19-10(2)3)22-9-15-13(16)11-7-5-6-8-12(11)14(15)17/h5-8,10H,4,9H2,1-3H3. The molecule has 0 saturated carbocycles. The summed E-state index contributed by atoms with van der Waals surface area (Å²) in [6.07, 6.45) is -0.0768. The molecular formula is C14H18NO4PS2. The largest absolute Gasteiger partial charge is 0.322 e. The minimum absolute atomic E-state index is 0.0768. The van der Waals surface area contributed by atoms with Crippen molar-refractivity contribution in [2.75, 3.05) is 12.5 Å². The fourth-order valence-electron chi connectivity index (χ4n) is 2.00. The summed E-state index contributed by atoms with van der Waals surface area (Å²) in [4.78, 5) is 25.8. The van der Waals surface area contributed by atoms with Crippen LogP contribution in [-0.4, -0.2) is 35.3 Å². The van der Waals surface area contributed by atoms with E-state index in [9.17, 15) is 9.59 Å². The smallest absolute Gasteiger partial charge is 0.262 e. The van der Waals surface area contributed by atoms with Gasteiger partial charge in [0.2, 0.25) is 5.69 Å². The summed E-state index contributed by atoms with van der Waals surface area (Å²) in [6, 6.07) is 6.80. The van der Waals surface area contributed by atoms with E-state index >= 15 is 0 Å². The monoisotopic (exact) mass is 359 g/mol. The first-order valence-corrected chi connectivity index (χ1v) is 11.1. The van der Waals surface area contributed by atoms with Gasteiger partial charge in [-0.05, 0) is 56.1 Å². The van der Waals surface area contributed by atoms with Crippen molar-refractivity contribution in [3.63, 3.8) is 0 Å². The van der Waals surface area contributed by atoms with Crippen LogP contribution in [-0.2, 0) is 20.9 Å². The van der Waals surface area contributed by atoms with Gasteiger partial charge in [0, 0.05) is 0 Å². The van der Waals surface area contributed by atoms with Crippen molar-refractivity contribution in [2.24, 2.45) is 0 Å². The average molecular weight is 359 g/mol. The average Bonchev–Trinajstić information content (AvgIpc) is 2.69. The van der Waals surface area contributed by atoms with Crippen LogP contribution in [0.25, 0.3) is 0 Å². The highest BCUT2D eigenvalue weighted by atomic mass is 32.9. The molecule has 2 rings (SSSR count). The number of hydrogen-bond acceptors (Lipinski definition) is 6. The molecule has 2 amide bonds. The molecule has 120 valence electrons. The zero-order valence-corrected chi connectivity index (χ0v) is 15.2. The SMILES string of the molecule is CCOP(=S)(OC(C)C)SCN1C(=O)c2ccccc2C1=O. The molecule has 0 N–H and O–H groups in total. The van der Waals surface area contributed by atoms with Gasteiger partial charge >= 0.3 is 0 Å². The van der Waals surface area contributed by atoms with Crippen molar-refractivity contribution in [2.45, 2.75) is 26.9 Å². The van der Waals surface area contributed by atoms with Crippen molar-refractivity contribution in [1.82, 2.24) is 4.90 Å². The van der Waals surface area contributed by atoms with Crippen LogP contribution < -0.4 is 0 Å². The summed E-state index contributed by atoms with van der Waals surface area (Å²) in [6.45, 7) is 6.03. The normalized spacial score (nSPS) is 17.0. The van der Waals surface area contributed by atoms with Crippen LogP contribution in [0.15, 0.2) is 24.3 Å². The molecule has 1 aromatic rings. The Morgan fingerprint density at radius 3 is 2.23 bits per heavy atom. The third-order valence-corrected chi connectivity index (χ3v) is 8.19. The van der Waals surface area contributed by atoms with E-state index in [1.54, 1.807) is 24.3 Å². The van der Waals surface area contributed by atoms with Crippen molar-refractivity contribution < 1.29 is 18.6 Å². The van der Waals surface area contributed by atoms with E-state index in [0.717, 1.165) is 0 Å². The number of hydrogen-bond donors (Lipinski definition) is 0. The van der Waals surface area contributed by atoms with E-state index in [-0.39, 0.29) is 23.8 Å². The van der Waals surface area contributed by atoms with Gasteiger partial charge in [0.05, 0.1) is 29.7 Å². The molecule has 1 heterocycles. The fraction of sp³-hybridized carbons (Fsp3) is 0.429. The Morgan fingerprint density at radius 2 is 1.77 bits per heavy atom. The second-order valence-corrected chi connectivity index (χ2v) is 11.1. The molecule has 0 radical (unpaired) electrons. The molecule has 1 aliphatic heterocycles. The number of benzene rings is 1. The van der Waals surface area contributed by atoms with Crippen molar-refractivity contribution >= 4 is 40.7 Å². The van der Waals surface area contributed by atoms with Crippen molar-refractivity contribution in [3.8, 4) is 0 Å². The molecule has 5 nitrogen and oxygen atoms in total. The number of amides is 2. The number of carbonyl (C=O) groups excluding carboxylic acids is 2. The van der Waals surface area contributed by atoms with Gasteiger partial charge in [0.15, 0.2) is 0 Å². The molecular weight excluding hydrogens is 341 g/mol. The van der Waals surface area contributed by atoms with Gasteiger partial charge in [0.1, 0.15) is 0 Å². The van der Waals surface area contributed by atoms with Crippen LogP contribution in [0, 0.1) is 0 Å². The van der Waals surface area contributed by atoms with Gasteiger partial charge in [-0.3, -0.25) is 14.5 Å². The molecule has 0 saturated heterocycles. The highest BCUT2D eigenvalue weighted by molar-refractivity contribution is 8.67. The minimum atomic E-state index is -2.57. The maximum atomic E-state index is 12.3. The molecule has 8 heteroatoms. The van der Waals surface area contributed by atoms with Crippen molar-refractivity contribution in [1.29, 1.82) is 0 Å². The maximum absolute atomic E-state index is 12.3. The fourth-order valence-corrected chi connectivity index (χ4v) is 6.79. The van der Waals surface area contributed by atoms with Gasteiger partial charge in [-0.25, -0.2) is 0 Å². The summed E-state index contributed by atoms with van der Waals surface area (Å²) in [7, 11) is 0. The van der Waals surface area contributed by atoms with E-state index in [4.69, 9.17) is 20.9 Å². The van der Waals surface area contributed by atoms with Crippen LogP contribution >= 0.6 is 17.1 Å². The van der Waals surface area contributed by atoms with E-state index in [0.29, 0.717) is 17.7 Å². The number of nitrogens with zero attached hydrogens (tertiary/aromatic N) is 1. The molecule has 0 aliphatic carbocycles. The van der Waals surface area contributed by atoms with Gasteiger partial charge in [-0.2, -0.15) is 0 Å². The Labute approximate surface area is 139 Å². The van der Waals surface area contributed by atoms with Crippen LogP contribution in [0.4, 0.5) is 0 Å². The highest BCUT2D eigenvalue weighted by Gasteiger charge is 2.36. The van der Waals surface area contributed by atoms with Gasteiger partial charge < -0.3 is 9.05 Å². The number of rotatable bonds is 7. The maximum Gasteiger partial charge on any atom is 0.262 e. The molecule has 22 heavy (non-hydrogen) atoms. The minimum Gasteiger partial charge on any atom is -0.322 e. The Morgan fingerprint density at radius 1 is 1.23 bits per heavy atom. The molecule has 0 bridgehead atoms. The summed E-state index contributed by atoms with van der Waals surface area (Å²) < 4.78 is 11.3. The second-order valence-electron chi connectivity index (χ2n) is 4.86. The zero-order valence-electron chi connectivity index (χ0n) is 12.6. The van der Waals surface area contributed by atoms with Crippen LogP contribution in [0.5, 0.6) is 0 Å². The molecule has 0 aromatic heterocycles. The van der Waals surface area contributed by atoms with E-state index in [2.05, 4.69) is 0 Å². The van der Waals surface area contributed by atoms with E-state index in [1.165, 1.54) is 16.3 Å². The molecule has 1 aliphatic rings. The first-order valence-electron chi connectivity index (χ1n) is 6.90. The van der Waals surface area contributed by atoms with Gasteiger partial charge in [-0.15, -0.1) is 0 Å². The predicted octanol–water partition coefficient (Wildman–Crippen LogP) is 3.66. The first kappa shape index (κ1) is 17.6. The van der Waals surface area contributed by atoms with E-state index in [1.807, 2.05) is 20.8 Å². The lowest BCUT2D eigenvalue weighted by atomic mass is 10.1. The quantitative estimate of drug-likeness (QED) is 0.547. The Hall–Kier alpha value is -0.720. The number of imide groups is 1. The summed E-state index contributed by atoms with van der Waals surface area (Å²) in [5, 5.41) is 0. The Balaban J connectivity index is 2.10. The van der Waals surface area contributed by atoms with E-state index < -0.39 is 5.69 Å². The Bertz CT molecular complexity index is 600. The molecule has 0 spiro atoms. The number of carbonyl (C=O) groups is 2. The highest BCUT2D eigenvalue weighted by Crippen LogP contribution is 2.62. The first-order chi connectivity index (χ1) is 10.4. The second kappa shape index (κ2) is 7.23. The summed E-state index contributed by atoms with van der Waals surface area (Å²) >= 11 is 6.67. The third-order valence-electron chi connectivity index (χ3n) is 2.85. The summed E-state index contributed by atoms with van der Waals surface area (Å²) in [5.41, 5.74) is -1.71.